The molecule has 1 aromatic rings. The summed E-state index contributed by atoms with van der Waals surface area (Å²) in [4.78, 5) is 21.5. The standard InChI is InChI=1S/C12H15NO4S/c1-9(7-12(14)17-2)18-8-10-5-3-4-6-11(10)13(15)16/h3-6,9H,7-8H2,1-2H3/t9-/m0/s1. The number of hydrogen-bond acceptors (Lipinski definition) is 5. The predicted molar refractivity (Wildman–Crippen MR) is 70.5 cm³/mol. The van der Waals surface area contributed by atoms with E-state index in [1.54, 1.807) is 18.2 Å². The Morgan fingerprint density at radius 2 is 2.17 bits per heavy atom. The Morgan fingerprint density at radius 3 is 2.78 bits per heavy atom. The van der Waals surface area contributed by atoms with Crippen molar-refractivity contribution >= 4 is 23.4 Å². The quantitative estimate of drug-likeness (QED) is 0.451. The lowest BCUT2D eigenvalue weighted by atomic mass is 10.2. The monoisotopic (exact) mass is 269 g/mol. The van der Waals surface area contributed by atoms with E-state index in [0.717, 1.165) is 0 Å². The lowest BCUT2D eigenvalue weighted by molar-refractivity contribution is -0.385. The number of hydrogen-bond donors (Lipinski definition) is 0. The van der Waals surface area contributed by atoms with Gasteiger partial charge in [-0.15, -0.1) is 0 Å². The van der Waals surface area contributed by atoms with Gasteiger partial charge >= 0.3 is 5.97 Å². The zero-order valence-corrected chi connectivity index (χ0v) is 11.1. The Labute approximate surface area is 110 Å². The number of rotatable bonds is 6. The first-order valence-corrected chi connectivity index (χ1v) is 6.50. The molecule has 0 unspecified atom stereocenters. The highest BCUT2D eigenvalue weighted by atomic mass is 32.2. The SMILES string of the molecule is COC(=O)C[C@H](C)SCc1ccccc1[N+](=O)[O-]. The maximum absolute atomic E-state index is 11.1. The Balaban J connectivity index is 2.58. The molecule has 0 aliphatic carbocycles. The number of esters is 1. The lowest BCUT2D eigenvalue weighted by Crippen LogP contribution is -2.08. The average molecular weight is 269 g/mol. The van der Waals surface area contributed by atoms with Crippen LogP contribution in [0.1, 0.15) is 18.9 Å². The third-order valence-corrected chi connectivity index (χ3v) is 3.61. The fourth-order valence-corrected chi connectivity index (χ4v) is 2.38. The second-order valence-corrected chi connectivity index (χ2v) is 5.21. The van der Waals surface area contributed by atoms with Crippen LogP contribution in [-0.2, 0) is 15.3 Å². The van der Waals surface area contributed by atoms with Gasteiger partial charge in [-0.05, 0) is 0 Å². The van der Waals surface area contributed by atoms with Gasteiger partial charge in [0, 0.05) is 22.6 Å². The molecule has 0 aliphatic heterocycles. The molecule has 0 bridgehead atoms. The van der Waals surface area contributed by atoms with E-state index in [-0.39, 0.29) is 21.8 Å². The first kappa shape index (κ1) is 14.5. The minimum atomic E-state index is -0.388. The Hall–Kier alpha value is -1.56. The topological polar surface area (TPSA) is 69.4 Å². The van der Waals surface area contributed by atoms with E-state index in [1.807, 2.05) is 6.92 Å². The average Bonchev–Trinajstić information content (AvgIpc) is 2.36. The molecule has 0 heterocycles. The molecule has 1 aromatic carbocycles. The zero-order chi connectivity index (χ0) is 13.5. The normalized spacial score (nSPS) is 11.9. The number of nitro groups is 1. The number of methoxy groups -OCH3 is 1. The fraction of sp³-hybridized carbons (Fsp3) is 0.417. The number of para-hydroxylation sites is 1. The van der Waals surface area contributed by atoms with E-state index in [9.17, 15) is 14.9 Å². The van der Waals surface area contributed by atoms with Crippen LogP contribution in [0.3, 0.4) is 0 Å². The summed E-state index contributed by atoms with van der Waals surface area (Å²) in [6.45, 7) is 1.90. The highest BCUT2D eigenvalue weighted by Crippen LogP contribution is 2.26. The zero-order valence-electron chi connectivity index (χ0n) is 10.3. The molecule has 0 saturated carbocycles. The van der Waals surface area contributed by atoms with E-state index < -0.39 is 0 Å². The van der Waals surface area contributed by atoms with Crippen molar-refractivity contribution in [2.24, 2.45) is 0 Å². The van der Waals surface area contributed by atoms with Crippen molar-refractivity contribution < 1.29 is 14.5 Å². The summed E-state index contributed by atoms with van der Waals surface area (Å²) in [5.74, 6) is 0.243. The van der Waals surface area contributed by atoms with Crippen molar-refractivity contribution in [1.29, 1.82) is 0 Å². The van der Waals surface area contributed by atoms with E-state index in [0.29, 0.717) is 17.7 Å². The van der Waals surface area contributed by atoms with Crippen LogP contribution in [0.5, 0.6) is 0 Å². The number of carbonyl (C=O) groups excluding carboxylic acids is 1. The minimum absolute atomic E-state index is 0.0669. The number of carbonyl (C=O) groups is 1. The third-order valence-electron chi connectivity index (χ3n) is 2.39. The van der Waals surface area contributed by atoms with Crippen molar-refractivity contribution in [3.05, 3.63) is 39.9 Å². The fourth-order valence-electron chi connectivity index (χ4n) is 1.42. The van der Waals surface area contributed by atoms with Crippen molar-refractivity contribution in [1.82, 2.24) is 0 Å². The minimum Gasteiger partial charge on any atom is -0.469 e. The molecular weight excluding hydrogens is 254 g/mol. The smallest absolute Gasteiger partial charge is 0.306 e. The Morgan fingerprint density at radius 1 is 1.50 bits per heavy atom. The number of nitrogens with zero attached hydrogens (tertiary/aromatic N) is 1. The van der Waals surface area contributed by atoms with Gasteiger partial charge < -0.3 is 4.74 Å². The van der Waals surface area contributed by atoms with Crippen LogP contribution in [0.15, 0.2) is 24.3 Å². The molecule has 5 nitrogen and oxygen atoms in total. The van der Waals surface area contributed by atoms with Crippen LogP contribution in [0.25, 0.3) is 0 Å². The molecule has 0 radical (unpaired) electrons. The highest BCUT2D eigenvalue weighted by Gasteiger charge is 2.15. The van der Waals surface area contributed by atoms with E-state index >= 15 is 0 Å². The Bertz CT molecular complexity index is 436. The molecule has 98 valence electrons. The molecule has 0 fully saturated rings. The van der Waals surface area contributed by atoms with Gasteiger partial charge in [0.2, 0.25) is 0 Å². The summed E-state index contributed by atoms with van der Waals surface area (Å²) < 4.78 is 4.57. The molecule has 0 aromatic heterocycles. The van der Waals surface area contributed by atoms with Gasteiger partial charge in [-0.2, -0.15) is 11.8 Å². The maximum Gasteiger partial charge on any atom is 0.306 e. The third kappa shape index (κ3) is 4.37. The first-order chi connectivity index (χ1) is 8.54. The number of nitro benzene ring substituents is 1. The molecule has 1 atom stereocenters. The molecule has 0 spiro atoms. The summed E-state index contributed by atoms with van der Waals surface area (Å²) in [5, 5.41) is 10.9. The van der Waals surface area contributed by atoms with E-state index in [2.05, 4.69) is 4.74 Å². The van der Waals surface area contributed by atoms with Gasteiger partial charge in [0.15, 0.2) is 0 Å². The molecule has 18 heavy (non-hydrogen) atoms. The van der Waals surface area contributed by atoms with Gasteiger partial charge in [-0.25, -0.2) is 0 Å². The van der Waals surface area contributed by atoms with Crippen molar-refractivity contribution in [2.45, 2.75) is 24.3 Å². The molecule has 0 amide bonds. The lowest BCUT2D eigenvalue weighted by Gasteiger charge is -2.09. The van der Waals surface area contributed by atoms with Crippen molar-refractivity contribution in [2.75, 3.05) is 7.11 Å². The summed E-state index contributed by atoms with van der Waals surface area (Å²) in [6.07, 6.45) is 0.307. The second-order valence-electron chi connectivity index (χ2n) is 3.79. The molecule has 0 N–H and O–H groups in total. The van der Waals surface area contributed by atoms with E-state index in [4.69, 9.17) is 0 Å². The van der Waals surface area contributed by atoms with Crippen molar-refractivity contribution in [3.8, 4) is 0 Å². The van der Waals surface area contributed by atoms with Gasteiger partial charge in [-0.3, -0.25) is 14.9 Å². The largest absolute Gasteiger partial charge is 0.469 e. The van der Waals surface area contributed by atoms with Crippen LogP contribution in [0.2, 0.25) is 0 Å². The molecular formula is C12H15NO4S. The Kier molecular flexibility index (Phi) is 5.64. The molecule has 1 rings (SSSR count). The molecule has 0 aliphatic rings. The summed E-state index contributed by atoms with van der Waals surface area (Å²) in [6, 6.07) is 6.63. The van der Waals surface area contributed by atoms with Crippen LogP contribution < -0.4 is 0 Å². The van der Waals surface area contributed by atoms with Crippen LogP contribution in [0, 0.1) is 10.1 Å². The summed E-state index contributed by atoms with van der Waals surface area (Å²) in [5.41, 5.74) is 0.791. The predicted octanol–water partition coefficient (Wildman–Crippen LogP) is 2.78. The maximum atomic E-state index is 11.1. The highest BCUT2D eigenvalue weighted by molar-refractivity contribution is 7.99. The van der Waals surface area contributed by atoms with Gasteiger partial charge in [0.25, 0.3) is 5.69 Å². The molecule has 6 heteroatoms. The van der Waals surface area contributed by atoms with E-state index in [1.165, 1.54) is 24.9 Å². The van der Waals surface area contributed by atoms with Crippen LogP contribution in [0.4, 0.5) is 5.69 Å². The number of thioether (sulfide) groups is 1. The number of benzene rings is 1. The number of ether oxygens (including phenoxy) is 1. The van der Waals surface area contributed by atoms with Gasteiger partial charge in [-0.1, -0.05) is 25.1 Å². The van der Waals surface area contributed by atoms with Crippen LogP contribution in [-0.4, -0.2) is 23.3 Å². The van der Waals surface area contributed by atoms with Gasteiger partial charge in [0.1, 0.15) is 0 Å². The van der Waals surface area contributed by atoms with Crippen LogP contribution >= 0.6 is 11.8 Å². The first-order valence-electron chi connectivity index (χ1n) is 5.45. The van der Waals surface area contributed by atoms with Gasteiger partial charge in [0.05, 0.1) is 18.5 Å². The summed E-state index contributed by atoms with van der Waals surface area (Å²) in [7, 11) is 1.35. The molecule has 0 saturated heterocycles. The second kappa shape index (κ2) is 7.00. The summed E-state index contributed by atoms with van der Waals surface area (Å²) >= 11 is 1.50. The van der Waals surface area contributed by atoms with Crippen molar-refractivity contribution in [3.63, 3.8) is 0 Å².